The van der Waals surface area contributed by atoms with E-state index < -0.39 is 15.1 Å². The lowest BCUT2D eigenvalue weighted by molar-refractivity contribution is 1.38. The van der Waals surface area contributed by atoms with Crippen molar-refractivity contribution in [1.82, 2.24) is 0 Å². The summed E-state index contributed by atoms with van der Waals surface area (Å²) in [6, 6.07) is 44.6. The van der Waals surface area contributed by atoms with Crippen LogP contribution in [-0.4, -0.2) is 0 Å². The molecule has 0 nitrogen and oxygen atoms in total. The van der Waals surface area contributed by atoms with Crippen LogP contribution in [0.3, 0.4) is 0 Å². The molecule has 186 valence electrons. The van der Waals surface area contributed by atoms with E-state index in [0.717, 1.165) is 0 Å². The van der Waals surface area contributed by atoms with Gasteiger partial charge in [-0.1, -0.05) is 136 Å². The van der Waals surface area contributed by atoms with E-state index in [1.807, 2.05) is 0 Å². The largest absolute Gasteiger partial charge is 0.0763 e. The van der Waals surface area contributed by atoms with E-state index in [0.29, 0.717) is 0 Å². The first kappa shape index (κ1) is 24.8. The van der Waals surface area contributed by atoms with Crippen molar-refractivity contribution >= 4 is 15.1 Å². The third kappa shape index (κ3) is 4.10. The highest BCUT2D eigenvalue weighted by atomic mass is 31.1. The summed E-state index contributed by atoms with van der Waals surface area (Å²) in [7, 11) is -1.39. The molecule has 0 amide bonds. The molecule has 0 radical (unpaired) electrons. The Morgan fingerprint density at radius 1 is 0.316 bits per heavy atom. The maximum Gasteiger partial charge on any atom is 0.0140 e. The molecular weight excluding hydrogens is 494 g/mol. The molecule has 0 N–H and O–H groups in total. The Balaban J connectivity index is 1.78. The normalized spacial score (nSPS) is 12.1. The Hall–Kier alpha value is -3.56. The molecule has 0 saturated carbocycles. The first-order valence-corrected chi connectivity index (χ1v) is 15.9. The number of benzene rings is 4. The van der Waals surface area contributed by atoms with Crippen LogP contribution in [0.25, 0.3) is 42.9 Å². The van der Waals surface area contributed by atoms with Gasteiger partial charge in [0.2, 0.25) is 0 Å². The monoisotopic (exact) mass is 526 g/mol. The summed E-state index contributed by atoms with van der Waals surface area (Å²) in [6.07, 6.45) is 0. The lowest BCUT2D eigenvalue weighted by Gasteiger charge is -2.16. The predicted molar refractivity (Wildman–Crippen MR) is 170 cm³/mol. The Morgan fingerprint density at radius 3 is 0.895 bits per heavy atom. The van der Waals surface area contributed by atoms with Crippen molar-refractivity contribution in [2.75, 3.05) is 0 Å². The van der Waals surface area contributed by atoms with E-state index in [9.17, 15) is 0 Å². The van der Waals surface area contributed by atoms with Crippen LogP contribution < -0.4 is 0 Å². The molecular formula is C36H32P2. The summed E-state index contributed by atoms with van der Waals surface area (Å²) >= 11 is 0. The van der Waals surface area contributed by atoms with Crippen molar-refractivity contribution in [3.05, 3.63) is 144 Å². The van der Waals surface area contributed by atoms with Crippen LogP contribution >= 0.6 is 15.1 Å². The molecule has 6 aromatic rings. The van der Waals surface area contributed by atoms with E-state index in [1.165, 1.54) is 54.6 Å². The molecule has 0 aliphatic heterocycles. The molecule has 38 heavy (non-hydrogen) atoms. The van der Waals surface area contributed by atoms with Crippen molar-refractivity contribution in [3.8, 4) is 42.9 Å². The molecule has 2 heteroatoms. The highest BCUT2D eigenvalue weighted by Crippen LogP contribution is 2.68. The van der Waals surface area contributed by atoms with Gasteiger partial charge >= 0.3 is 0 Å². The first-order chi connectivity index (χ1) is 18.6. The molecule has 0 spiro atoms. The van der Waals surface area contributed by atoms with Crippen LogP contribution in [0.4, 0.5) is 0 Å². The lowest BCUT2D eigenvalue weighted by atomic mass is 10.0. The smallest absolute Gasteiger partial charge is 0.0140 e. The van der Waals surface area contributed by atoms with Gasteiger partial charge in [-0.05, 0) is 71.7 Å². The topological polar surface area (TPSA) is 0 Å². The second kappa shape index (κ2) is 10.3. The second-order valence-corrected chi connectivity index (χ2v) is 14.1. The third-order valence-corrected chi connectivity index (χ3v) is 13.7. The van der Waals surface area contributed by atoms with Gasteiger partial charge in [0.05, 0.1) is 0 Å². The summed E-state index contributed by atoms with van der Waals surface area (Å²) in [5.74, 6) is 0. The lowest BCUT2D eigenvalue weighted by Crippen LogP contribution is -1.81. The van der Waals surface area contributed by atoms with E-state index in [1.54, 1.807) is 10.6 Å². The Morgan fingerprint density at radius 2 is 0.579 bits per heavy atom. The zero-order valence-corrected chi connectivity index (χ0v) is 24.2. The maximum absolute atomic E-state index is 2.37. The zero-order valence-electron chi connectivity index (χ0n) is 22.4. The van der Waals surface area contributed by atoms with Crippen LogP contribution in [0.2, 0.25) is 0 Å². The van der Waals surface area contributed by atoms with Gasteiger partial charge in [-0.15, -0.1) is 0 Å². The SMILES string of the molecule is Cc1c(C)c(-c2c(C)c(C)c(-c3ccccc3)p2-c2ccccc2)p(-c2ccccc2)c1-c1ccccc1. The Bertz CT molecular complexity index is 1570. The van der Waals surface area contributed by atoms with E-state index in [4.69, 9.17) is 0 Å². The van der Waals surface area contributed by atoms with Crippen LogP contribution in [0.5, 0.6) is 0 Å². The fourth-order valence-corrected chi connectivity index (χ4v) is 12.3. The minimum absolute atomic E-state index is 0.693. The van der Waals surface area contributed by atoms with E-state index in [2.05, 4.69) is 149 Å². The third-order valence-electron chi connectivity index (χ3n) is 7.79. The summed E-state index contributed by atoms with van der Waals surface area (Å²) in [4.78, 5) is 0. The van der Waals surface area contributed by atoms with Gasteiger partial charge < -0.3 is 0 Å². The molecule has 0 saturated heterocycles. The Kier molecular flexibility index (Phi) is 6.71. The van der Waals surface area contributed by atoms with Crippen molar-refractivity contribution < 1.29 is 0 Å². The maximum atomic E-state index is 2.37. The minimum atomic E-state index is -0.693. The molecule has 6 rings (SSSR count). The summed E-state index contributed by atoms with van der Waals surface area (Å²) in [5.41, 5.74) is 8.49. The average molecular weight is 527 g/mol. The van der Waals surface area contributed by atoms with Gasteiger partial charge in [0.1, 0.15) is 0 Å². The minimum Gasteiger partial charge on any atom is -0.0763 e. The standard InChI is InChI=1S/C36H32P2/c1-25-27(3)35(37(31-21-13-7-14-22-31)33(25)29-17-9-5-10-18-29)36-28(4)26(2)34(30-19-11-6-12-20-30)38(36)32-23-15-8-16-24-32/h5-24H,1-4H3. The van der Waals surface area contributed by atoms with Crippen LogP contribution in [0.15, 0.2) is 121 Å². The van der Waals surface area contributed by atoms with Gasteiger partial charge in [0, 0.05) is 21.2 Å². The van der Waals surface area contributed by atoms with E-state index >= 15 is 0 Å². The number of rotatable bonds is 5. The fourth-order valence-electron chi connectivity index (χ4n) is 5.73. The van der Waals surface area contributed by atoms with Crippen LogP contribution in [0, 0.1) is 27.7 Å². The molecule has 2 atom stereocenters. The summed E-state index contributed by atoms with van der Waals surface area (Å²) < 4.78 is 0. The highest BCUT2D eigenvalue weighted by Gasteiger charge is 2.29. The molecule has 0 bridgehead atoms. The zero-order chi connectivity index (χ0) is 26.2. The van der Waals surface area contributed by atoms with Crippen molar-refractivity contribution in [2.24, 2.45) is 0 Å². The number of hydrogen-bond donors (Lipinski definition) is 0. The van der Waals surface area contributed by atoms with E-state index in [-0.39, 0.29) is 0 Å². The molecule has 2 unspecified atom stereocenters. The molecule has 2 aromatic heterocycles. The molecule has 0 fully saturated rings. The number of hydrogen-bond acceptors (Lipinski definition) is 0. The average Bonchev–Trinajstić information content (AvgIpc) is 3.39. The molecule has 2 heterocycles. The predicted octanol–water partition coefficient (Wildman–Crippen LogP) is 11.9. The van der Waals surface area contributed by atoms with Gasteiger partial charge in [-0.3, -0.25) is 0 Å². The molecule has 0 aliphatic carbocycles. The van der Waals surface area contributed by atoms with Gasteiger partial charge in [-0.25, -0.2) is 0 Å². The van der Waals surface area contributed by atoms with Gasteiger partial charge in [0.15, 0.2) is 0 Å². The summed E-state index contributed by atoms with van der Waals surface area (Å²) in [6.45, 7) is 9.43. The molecule has 4 aromatic carbocycles. The quantitative estimate of drug-likeness (QED) is 0.210. The van der Waals surface area contributed by atoms with Gasteiger partial charge in [0.25, 0.3) is 0 Å². The van der Waals surface area contributed by atoms with Crippen LogP contribution in [-0.2, 0) is 0 Å². The highest BCUT2D eigenvalue weighted by molar-refractivity contribution is 7.68. The second-order valence-electron chi connectivity index (χ2n) is 9.97. The summed E-state index contributed by atoms with van der Waals surface area (Å²) in [5, 5.41) is 9.02. The molecule has 0 aliphatic rings. The van der Waals surface area contributed by atoms with Crippen LogP contribution in [0.1, 0.15) is 22.3 Å². The van der Waals surface area contributed by atoms with Crippen molar-refractivity contribution in [2.45, 2.75) is 27.7 Å². The van der Waals surface area contributed by atoms with Gasteiger partial charge in [-0.2, -0.15) is 0 Å². The Labute approximate surface area is 228 Å². The van der Waals surface area contributed by atoms with Crippen molar-refractivity contribution in [3.63, 3.8) is 0 Å². The van der Waals surface area contributed by atoms with Crippen molar-refractivity contribution in [1.29, 1.82) is 0 Å². The first-order valence-electron chi connectivity index (χ1n) is 13.2. The fraction of sp³-hybridized carbons (Fsp3) is 0.111.